The van der Waals surface area contributed by atoms with Crippen LogP contribution in [0.4, 0.5) is 10.1 Å². The molecule has 2 aromatic heterocycles. The number of hydrogen-bond acceptors (Lipinski definition) is 4. The topological polar surface area (TPSA) is 76.4 Å². The lowest BCUT2D eigenvalue weighted by molar-refractivity contribution is 0.595. The van der Waals surface area contributed by atoms with E-state index >= 15 is 0 Å². The van der Waals surface area contributed by atoms with E-state index in [2.05, 4.69) is 14.7 Å². The molecule has 6 nitrogen and oxygen atoms in total. The minimum Gasteiger partial charge on any atom is -0.288 e. The van der Waals surface area contributed by atoms with Crippen molar-refractivity contribution in [2.45, 2.75) is 11.8 Å². The third kappa shape index (κ3) is 3.26. The normalized spacial score (nSPS) is 11.6. The molecule has 0 fully saturated rings. The Morgan fingerprint density at radius 3 is 2.67 bits per heavy atom. The molecule has 0 amide bonds. The van der Waals surface area contributed by atoms with E-state index in [0.29, 0.717) is 17.2 Å². The first-order valence-electron chi connectivity index (χ1n) is 8.12. The van der Waals surface area contributed by atoms with Gasteiger partial charge in [-0.2, -0.15) is 0 Å². The van der Waals surface area contributed by atoms with Crippen molar-refractivity contribution in [3.05, 3.63) is 78.5 Å². The van der Waals surface area contributed by atoms with E-state index in [1.54, 1.807) is 24.4 Å². The zero-order valence-electron chi connectivity index (χ0n) is 14.3. The minimum atomic E-state index is -3.90. The Kier molecular flexibility index (Phi) is 4.12. The van der Waals surface area contributed by atoms with Gasteiger partial charge in [0, 0.05) is 29.3 Å². The number of aryl methyl sites for hydroxylation is 1. The molecule has 4 rings (SSSR count). The van der Waals surface area contributed by atoms with Crippen LogP contribution in [0, 0.1) is 12.7 Å². The highest BCUT2D eigenvalue weighted by Gasteiger charge is 2.16. The predicted molar refractivity (Wildman–Crippen MR) is 100 cm³/mol. The van der Waals surface area contributed by atoms with Crippen LogP contribution in [-0.2, 0) is 10.0 Å². The maximum absolute atomic E-state index is 13.4. The van der Waals surface area contributed by atoms with E-state index in [9.17, 15) is 12.8 Å². The van der Waals surface area contributed by atoms with Gasteiger partial charge < -0.3 is 0 Å². The molecule has 0 radical (unpaired) electrons. The molecule has 2 heterocycles. The maximum atomic E-state index is 13.4. The Bertz CT molecular complexity index is 1250. The summed E-state index contributed by atoms with van der Waals surface area (Å²) < 4.78 is 42.7. The Morgan fingerprint density at radius 1 is 1.07 bits per heavy atom. The van der Waals surface area contributed by atoms with Gasteiger partial charge >= 0.3 is 0 Å². The van der Waals surface area contributed by atoms with Crippen molar-refractivity contribution in [1.82, 2.24) is 14.4 Å². The molecular weight excluding hydrogens is 367 g/mol. The molecule has 136 valence electrons. The number of aromatic nitrogens is 3. The van der Waals surface area contributed by atoms with Crippen molar-refractivity contribution in [2.75, 3.05) is 4.72 Å². The van der Waals surface area contributed by atoms with Gasteiger partial charge in [-0.15, -0.1) is 0 Å². The number of fused-ring (bicyclic) bond motifs is 1. The number of benzene rings is 2. The highest BCUT2D eigenvalue weighted by Crippen LogP contribution is 2.26. The van der Waals surface area contributed by atoms with E-state index in [1.165, 1.54) is 18.2 Å². The smallest absolute Gasteiger partial charge is 0.261 e. The van der Waals surface area contributed by atoms with Gasteiger partial charge in [0.05, 0.1) is 10.6 Å². The summed E-state index contributed by atoms with van der Waals surface area (Å²) in [5, 5.41) is 0. The van der Waals surface area contributed by atoms with Crippen LogP contribution >= 0.6 is 0 Å². The van der Waals surface area contributed by atoms with Gasteiger partial charge in [0.2, 0.25) is 5.78 Å². The zero-order chi connectivity index (χ0) is 19.0. The molecule has 0 aliphatic carbocycles. The summed E-state index contributed by atoms with van der Waals surface area (Å²) in [6, 6.07) is 13.6. The van der Waals surface area contributed by atoms with Gasteiger partial charge in [-0.25, -0.2) is 22.8 Å². The van der Waals surface area contributed by atoms with Gasteiger partial charge in [-0.1, -0.05) is 18.2 Å². The van der Waals surface area contributed by atoms with Crippen LogP contribution < -0.4 is 4.72 Å². The second-order valence-electron chi connectivity index (χ2n) is 5.98. The van der Waals surface area contributed by atoms with Crippen molar-refractivity contribution < 1.29 is 12.8 Å². The fourth-order valence-corrected chi connectivity index (χ4v) is 3.93. The average molecular weight is 382 g/mol. The molecular formula is C19H15FN4O2S. The highest BCUT2D eigenvalue weighted by molar-refractivity contribution is 7.92. The second kappa shape index (κ2) is 6.48. The molecule has 0 saturated heterocycles. The number of anilines is 1. The minimum absolute atomic E-state index is 0.138. The first kappa shape index (κ1) is 17.2. The highest BCUT2D eigenvalue weighted by atomic mass is 32.2. The summed E-state index contributed by atoms with van der Waals surface area (Å²) >= 11 is 0. The number of halogens is 1. The Hall–Kier alpha value is -3.26. The van der Waals surface area contributed by atoms with Crippen LogP contribution in [0.1, 0.15) is 5.69 Å². The molecule has 4 aromatic rings. The van der Waals surface area contributed by atoms with Gasteiger partial charge in [0.1, 0.15) is 5.82 Å². The van der Waals surface area contributed by atoms with E-state index in [1.807, 2.05) is 29.7 Å². The molecule has 0 bridgehead atoms. The van der Waals surface area contributed by atoms with E-state index in [0.717, 1.165) is 17.3 Å². The third-order valence-electron chi connectivity index (χ3n) is 4.14. The van der Waals surface area contributed by atoms with Crippen molar-refractivity contribution in [3.8, 4) is 11.3 Å². The summed E-state index contributed by atoms with van der Waals surface area (Å²) in [6.45, 7) is 1.92. The second-order valence-corrected chi connectivity index (χ2v) is 7.66. The van der Waals surface area contributed by atoms with Gasteiger partial charge in [0.25, 0.3) is 10.0 Å². The van der Waals surface area contributed by atoms with Crippen LogP contribution in [0.15, 0.2) is 71.9 Å². The number of nitrogens with zero attached hydrogens (tertiary/aromatic N) is 3. The summed E-state index contributed by atoms with van der Waals surface area (Å²) in [5.74, 6) is -0.0461. The van der Waals surface area contributed by atoms with Gasteiger partial charge in [-0.05, 0) is 43.3 Å². The van der Waals surface area contributed by atoms with Crippen LogP contribution in [0.2, 0.25) is 0 Å². The quantitative estimate of drug-likeness (QED) is 0.585. The molecule has 0 unspecified atom stereocenters. The van der Waals surface area contributed by atoms with Crippen molar-refractivity contribution in [1.29, 1.82) is 0 Å². The third-order valence-corrected chi connectivity index (χ3v) is 5.52. The fourth-order valence-electron chi connectivity index (χ4n) is 2.85. The predicted octanol–water partition coefficient (Wildman–Crippen LogP) is 3.64. The zero-order valence-corrected chi connectivity index (χ0v) is 15.1. The molecule has 27 heavy (non-hydrogen) atoms. The monoisotopic (exact) mass is 382 g/mol. The van der Waals surface area contributed by atoms with Gasteiger partial charge in [-0.3, -0.25) is 9.12 Å². The molecule has 0 aliphatic rings. The van der Waals surface area contributed by atoms with E-state index in [4.69, 9.17) is 0 Å². The van der Waals surface area contributed by atoms with Crippen molar-refractivity contribution >= 4 is 21.5 Å². The first-order chi connectivity index (χ1) is 12.9. The SMILES string of the molecule is Cc1c(-c2cccc(NS(=O)(=O)c3cccc(F)c3)c2)nc2ncccn12. The number of rotatable bonds is 4. The lowest BCUT2D eigenvalue weighted by atomic mass is 10.1. The van der Waals surface area contributed by atoms with Crippen molar-refractivity contribution in [2.24, 2.45) is 0 Å². The van der Waals surface area contributed by atoms with Crippen LogP contribution in [0.3, 0.4) is 0 Å². The summed E-state index contributed by atoms with van der Waals surface area (Å²) in [6.07, 6.45) is 3.53. The number of sulfonamides is 1. The fraction of sp³-hybridized carbons (Fsp3) is 0.0526. The summed E-state index contributed by atoms with van der Waals surface area (Å²) in [5.41, 5.74) is 2.71. The van der Waals surface area contributed by atoms with E-state index < -0.39 is 15.8 Å². The Morgan fingerprint density at radius 2 is 1.89 bits per heavy atom. The Labute approximate surface area is 155 Å². The molecule has 8 heteroatoms. The number of nitrogens with one attached hydrogen (secondary N) is 1. The number of hydrogen-bond donors (Lipinski definition) is 1. The van der Waals surface area contributed by atoms with Crippen LogP contribution in [0.5, 0.6) is 0 Å². The standard InChI is InChI=1S/C19H15FN4O2S/c1-13-18(22-19-21-9-4-10-24(13)19)14-5-2-7-16(11-14)23-27(25,26)17-8-3-6-15(20)12-17/h2-12,23H,1H3. The molecule has 0 saturated carbocycles. The average Bonchev–Trinajstić information content (AvgIpc) is 2.99. The first-order valence-corrected chi connectivity index (χ1v) is 9.61. The molecule has 0 aliphatic heterocycles. The summed E-state index contributed by atoms with van der Waals surface area (Å²) in [4.78, 5) is 8.60. The molecule has 2 aromatic carbocycles. The lowest BCUT2D eigenvalue weighted by Crippen LogP contribution is -2.13. The summed E-state index contributed by atoms with van der Waals surface area (Å²) in [7, 11) is -3.90. The van der Waals surface area contributed by atoms with Crippen LogP contribution in [-0.4, -0.2) is 22.8 Å². The number of imidazole rings is 1. The molecule has 1 N–H and O–H groups in total. The van der Waals surface area contributed by atoms with Crippen LogP contribution in [0.25, 0.3) is 17.0 Å². The molecule has 0 atom stereocenters. The van der Waals surface area contributed by atoms with Gasteiger partial charge in [0.15, 0.2) is 0 Å². The largest absolute Gasteiger partial charge is 0.288 e. The lowest BCUT2D eigenvalue weighted by Gasteiger charge is -2.09. The Balaban J connectivity index is 1.71. The maximum Gasteiger partial charge on any atom is 0.261 e. The van der Waals surface area contributed by atoms with E-state index in [-0.39, 0.29) is 4.90 Å². The van der Waals surface area contributed by atoms with Crippen molar-refractivity contribution in [3.63, 3.8) is 0 Å². The molecule has 0 spiro atoms.